The summed E-state index contributed by atoms with van der Waals surface area (Å²) in [5.41, 5.74) is 1.75. The Morgan fingerprint density at radius 3 is 2.88 bits per heavy atom. The largest absolute Gasteiger partial charge is 0.465 e. The van der Waals surface area contributed by atoms with Crippen LogP contribution in [0, 0.1) is 6.92 Å². The van der Waals surface area contributed by atoms with E-state index in [1.54, 1.807) is 6.20 Å². The van der Waals surface area contributed by atoms with Crippen LogP contribution in [0.4, 0.5) is 10.7 Å². The van der Waals surface area contributed by atoms with Gasteiger partial charge >= 0.3 is 6.09 Å². The van der Waals surface area contributed by atoms with Gasteiger partial charge in [-0.3, -0.25) is 0 Å². The molecule has 128 valence electrons. The lowest BCUT2D eigenvalue weighted by Gasteiger charge is -2.16. The van der Waals surface area contributed by atoms with Crippen LogP contribution < -0.4 is 5.32 Å². The fourth-order valence-corrected chi connectivity index (χ4v) is 3.10. The van der Waals surface area contributed by atoms with E-state index in [-0.39, 0.29) is 12.1 Å². The van der Waals surface area contributed by atoms with E-state index >= 15 is 0 Å². The summed E-state index contributed by atoms with van der Waals surface area (Å²) < 4.78 is 2.13. The van der Waals surface area contributed by atoms with Gasteiger partial charge in [-0.05, 0) is 33.3 Å². The maximum atomic E-state index is 11.0. The van der Waals surface area contributed by atoms with E-state index in [2.05, 4.69) is 38.7 Å². The van der Waals surface area contributed by atoms with Gasteiger partial charge in [-0.2, -0.15) is 0 Å². The van der Waals surface area contributed by atoms with Crippen LogP contribution in [0.15, 0.2) is 18.5 Å². The third kappa shape index (κ3) is 3.17. The van der Waals surface area contributed by atoms with Crippen molar-refractivity contribution >= 4 is 12.0 Å². The molecule has 2 N–H and O–H groups in total. The predicted molar refractivity (Wildman–Crippen MR) is 90.0 cm³/mol. The highest BCUT2D eigenvalue weighted by Crippen LogP contribution is 2.23. The van der Waals surface area contributed by atoms with Crippen molar-refractivity contribution in [2.75, 3.05) is 18.4 Å². The number of imidazole rings is 1. The van der Waals surface area contributed by atoms with Crippen LogP contribution in [0.1, 0.15) is 32.1 Å². The average molecular weight is 330 g/mol. The van der Waals surface area contributed by atoms with Crippen LogP contribution in [-0.4, -0.2) is 54.8 Å². The summed E-state index contributed by atoms with van der Waals surface area (Å²) in [4.78, 5) is 25.6. The SMILES string of the molecule is Cc1ncc(-c2ccnc(NC3CCN(C(=O)O)C3)n2)n1C(C)C. The number of rotatable bonds is 4. The quantitative estimate of drug-likeness (QED) is 0.893. The number of aryl methyl sites for hydroxylation is 1. The number of carboxylic acid groups (broad SMARTS) is 1. The highest BCUT2D eigenvalue weighted by Gasteiger charge is 2.26. The number of carbonyl (C=O) groups is 1. The molecule has 0 bridgehead atoms. The number of nitrogens with one attached hydrogen (secondary N) is 1. The van der Waals surface area contributed by atoms with E-state index in [4.69, 9.17) is 5.11 Å². The summed E-state index contributed by atoms with van der Waals surface area (Å²) in [6.45, 7) is 7.18. The molecular formula is C16H22N6O2. The molecule has 3 heterocycles. The van der Waals surface area contributed by atoms with Crippen LogP contribution in [0.3, 0.4) is 0 Å². The zero-order valence-electron chi connectivity index (χ0n) is 14.1. The molecule has 2 aromatic heterocycles. The number of aromatic nitrogens is 4. The Balaban J connectivity index is 1.79. The summed E-state index contributed by atoms with van der Waals surface area (Å²) in [6, 6.07) is 2.18. The number of anilines is 1. The van der Waals surface area contributed by atoms with Crippen LogP contribution in [0.25, 0.3) is 11.4 Å². The maximum absolute atomic E-state index is 11.0. The molecule has 24 heavy (non-hydrogen) atoms. The summed E-state index contributed by atoms with van der Waals surface area (Å²) in [7, 11) is 0. The van der Waals surface area contributed by atoms with Gasteiger partial charge < -0.3 is 19.9 Å². The van der Waals surface area contributed by atoms with Crippen LogP contribution in [-0.2, 0) is 0 Å². The van der Waals surface area contributed by atoms with Gasteiger partial charge in [0.1, 0.15) is 5.82 Å². The third-order valence-electron chi connectivity index (χ3n) is 4.21. The second-order valence-electron chi connectivity index (χ2n) is 6.28. The van der Waals surface area contributed by atoms with Crippen LogP contribution in [0.5, 0.6) is 0 Å². The summed E-state index contributed by atoms with van der Waals surface area (Å²) >= 11 is 0. The zero-order chi connectivity index (χ0) is 17.3. The molecule has 1 fully saturated rings. The fraction of sp³-hybridized carbons (Fsp3) is 0.500. The van der Waals surface area contributed by atoms with Gasteiger partial charge in [-0.1, -0.05) is 0 Å². The molecule has 1 aliphatic heterocycles. The summed E-state index contributed by atoms with van der Waals surface area (Å²) in [6.07, 6.45) is 3.40. The first kappa shape index (κ1) is 16.2. The Bertz CT molecular complexity index is 742. The molecule has 1 unspecified atom stereocenters. The molecule has 0 aliphatic carbocycles. The minimum atomic E-state index is -0.884. The van der Waals surface area contributed by atoms with Crippen molar-refractivity contribution in [2.24, 2.45) is 0 Å². The van der Waals surface area contributed by atoms with Crippen LogP contribution in [0.2, 0.25) is 0 Å². The third-order valence-corrected chi connectivity index (χ3v) is 4.21. The summed E-state index contributed by atoms with van der Waals surface area (Å²) in [5.74, 6) is 1.46. The molecule has 2 aromatic rings. The van der Waals surface area contributed by atoms with Gasteiger partial charge in [0.05, 0.1) is 17.6 Å². The van der Waals surface area contributed by atoms with Gasteiger partial charge in [-0.25, -0.2) is 19.7 Å². The van der Waals surface area contributed by atoms with Crippen molar-refractivity contribution in [3.63, 3.8) is 0 Å². The van der Waals surface area contributed by atoms with Crippen molar-refractivity contribution in [3.8, 4) is 11.4 Å². The monoisotopic (exact) mass is 330 g/mol. The lowest BCUT2D eigenvalue weighted by Crippen LogP contribution is -2.30. The fourth-order valence-electron chi connectivity index (χ4n) is 3.10. The smallest absolute Gasteiger partial charge is 0.407 e. The highest BCUT2D eigenvalue weighted by molar-refractivity contribution is 5.65. The highest BCUT2D eigenvalue weighted by atomic mass is 16.4. The predicted octanol–water partition coefficient (Wildman–Crippen LogP) is 2.39. The number of hydrogen-bond donors (Lipinski definition) is 2. The van der Waals surface area contributed by atoms with E-state index in [1.807, 2.05) is 19.2 Å². The topological polar surface area (TPSA) is 96.2 Å². The standard InChI is InChI=1S/C16H22N6O2/c1-10(2)22-11(3)18-8-14(22)13-4-6-17-15(20-13)19-12-5-7-21(9-12)16(23)24/h4,6,8,10,12H,5,7,9H2,1-3H3,(H,23,24)(H,17,19,20). The Labute approximate surface area is 140 Å². The number of amides is 1. The summed E-state index contributed by atoms with van der Waals surface area (Å²) in [5, 5.41) is 12.3. The second-order valence-corrected chi connectivity index (χ2v) is 6.28. The van der Waals surface area contributed by atoms with Crippen molar-refractivity contribution in [1.29, 1.82) is 0 Å². The van der Waals surface area contributed by atoms with Crippen molar-refractivity contribution in [1.82, 2.24) is 24.4 Å². The molecule has 1 amide bonds. The molecule has 1 saturated heterocycles. The number of likely N-dealkylation sites (tertiary alicyclic amines) is 1. The molecule has 1 aliphatic rings. The minimum Gasteiger partial charge on any atom is -0.465 e. The van der Waals surface area contributed by atoms with Crippen LogP contribution >= 0.6 is 0 Å². The first-order valence-corrected chi connectivity index (χ1v) is 8.07. The van der Waals surface area contributed by atoms with E-state index < -0.39 is 6.09 Å². The number of hydrogen-bond acceptors (Lipinski definition) is 5. The van der Waals surface area contributed by atoms with Gasteiger partial charge in [0.15, 0.2) is 0 Å². The van der Waals surface area contributed by atoms with Gasteiger partial charge in [0.25, 0.3) is 0 Å². The Morgan fingerprint density at radius 1 is 1.42 bits per heavy atom. The lowest BCUT2D eigenvalue weighted by molar-refractivity contribution is 0.155. The number of nitrogens with zero attached hydrogens (tertiary/aromatic N) is 5. The molecule has 0 radical (unpaired) electrons. The van der Waals surface area contributed by atoms with E-state index in [0.29, 0.717) is 19.0 Å². The average Bonchev–Trinajstić information content (AvgIpc) is 3.14. The molecular weight excluding hydrogens is 308 g/mol. The first-order valence-electron chi connectivity index (χ1n) is 8.07. The van der Waals surface area contributed by atoms with Gasteiger partial charge in [-0.15, -0.1) is 0 Å². The Morgan fingerprint density at radius 2 is 2.21 bits per heavy atom. The van der Waals surface area contributed by atoms with Crippen molar-refractivity contribution in [2.45, 2.75) is 39.3 Å². The molecule has 8 nitrogen and oxygen atoms in total. The lowest BCUT2D eigenvalue weighted by atomic mass is 10.2. The minimum absolute atomic E-state index is 0.0353. The first-order chi connectivity index (χ1) is 11.5. The van der Waals surface area contributed by atoms with E-state index in [1.165, 1.54) is 4.90 Å². The van der Waals surface area contributed by atoms with Crippen molar-refractivity contribution in [3.05, 3.63) is 24.3 Å². The van der Waals surface area contributed by atoms with Crippen molar-refractivity contribution < 1.29 is 9.90 Å². The van der Waals surface area contributed by atoms with E-state index in [0.717, 1.165) is 23.6 Å². The molecule has 1 atom stereocenters. The molecule has 8 heteroatoms. The maximum Gasteiger partial charge on any atom is 0.407 e. The normalized spacial score (nSPS) is 17.5. The van der Waals surface area contributed by atoms with E-state index in [9.17, 15) is 4.79 Å². The molecule has 0 spiro atoms. The Hall–Kier alpha value is -2.64. The second kappa shape index (κ2) is 6.46. The van der Waals surface area contributed by atoms with Gasteiger partial charge in [0.2, 0.25) is 5.95 Å². The molecule has 0 saturated carbocycles. The zero-order valence-corrected chi connectivity index (χ0v) is 14.1. The molecule has 3 rings (SSSR count). The van der Waals surface area contributed by atoms with Gasteiger partial charge in [0, 0.05) is 31.4 Å². The molecule has 0 aromatic carbocycles. The Kier molecular flexibility index (Phi) is 4.37.